The Morgan fingerprint density at radius 3 is 2.52 bits per heavy atom. The summed E-state index contributed by atoms with van der Waals surface area (Å²) in [5, 5.41) is 2.94. The van der Waals surface area contributed by atoms with Crippen LogP contribution in [0.25, 0.3) is 0 Å². The molecule has 4 aliphatic rings. The molecule has 2 aromatic rings. The van der Waals surface area contributed by atoms with E-state index in [1.54, 1.807) is 6.26 Å². The summed E-state index contributed by atoms with van der Waals surface area (Å²) in [6.07, 6.45) is 11.5. The third kappa shape index (κ3) is 2.68. The number of aromatic nitrogens is 1. The van der Waals surface area contributed by atoms with Gasteiger partial charge in [0.1, 0.15) is 5.76 Å². The van der Waals surface area contributed by atoms with Gasteiger partial charge in [0.25, 0.3) is 5.91 Å². The molecule has 2 heterocycles. The number of nitrogens with zero attached hydrogens (tertiary/aromatic N) is 1. The Balaban J connectivity index is 1.37. The van der Waals surface area contributed by atoms with Crippen molar-refractivity contribution in [3.63, 3.8) is 0 Å². The third-order valence-corrected chi connectivity index (χ3v) is 6.61. The highest BCUT2D eigenvalue weighted by molar-refractivity contribution is 5.94. The summed E-state index contributed by atoms with van der Waals surface area (Å²) in [4.78, 5) is 17.3. The summed E-state index contributed by atoms with van der Waals surface area (Å²) in [6, 6.07) is 7.57. The number of rotatable bonds is 4. The summed E-state index contributed by atoms with van der Waals surface area (Å²) in [6.45, 7) is 0.418. The lowest BCUT2D eigenvalue weighted by Crippen LogP contribution is -2.49. The molecule has 4 aliphatic carbocycles. The number of hydrogen-bond acceptors (Lipinski definition) is 3. The molecule has 0 aliphatic heterocycles. The first-order valence-corrected chi connectivity index (χ1v) is 9.47. The van der Waals surface area contributed by atoms with Gasteiger partial charge >= 0.3 is 0 Å². The van der Waals surface area contributed by atoms with Crippen LogP contribution >= 0.6 is 0 Å². The fourth-order valence-electron chi connectivity index (χ4n) is 5.97. The number of pyridine rings is 1. The van der Waals surface area contributed by atoms with Crippen LogP contribution in [0.1, 0.15) is 60.3 Å². The van der Waals surface area contributed by atoms with Crippen LogP contribution < -0.4 is 5.32 Å². The summed E-state index contributed by atoms with van der Waals surface area (Å²) in [5.74, 6) is 3.35. The van der Waals surface area contributed by atoms with Crippen molar-refractivity contribution in [3.05, 3.63) is 53.7 Å². The SMILES string of the molecule is O=C(NCc1ccco1)c1ccnc(C23CC4CC(CC(C4)C2)C3)c1. The second-order valence-electron chi connectivity index (χ2n) is 8.39. The van der Waals surface area contributed by atoms with Crippen molar-refractivity contribution >= 4 is 5.91 Å². The smallest absolute Gasteiger partial charge is 0.251 e. The van der Waals surface area contributed by atoms with Crippen LogP contribution in [0, 0.1) is 17.8 Å². The number of nitrogens with one attached hydrogen (secondary N) is 1. The van der Waals surface area contributed by atoms with E-state index in [9.17, 15) is 4.79 Å². The Hall–Kier alpha value is -2.10. The molecule has 0 spiro atoms. The van der Waals surface area contributed by atoms with E-state index in [1.807, 2.05) is 30.5 Å². The number of carbonyl (C=O) groups excluding carboxylic acids is 1. The Morgan fingerprint density at radius 2 is 1.88 bits per heavy atom. The zero-order valence-electron chi connectivity index (χ0n) is 14.4. The lowest BCUT2D eigenvalue weighted by atomic mass is 9.48. The van der Waals surface area contributed by atoms with Gasteiger partial charge in [-0.25, -0.2) is 0 Å². The van der Waals surface area contributed by atoms with Crippen molar-refractivity contribution in [2.24, 2.45) is 17.8 Å². The maximum atomic E-state index is 12.5. The molecule has 0 atom stereocenters. The normalized spacial score (nSPS) is 32.7. The van der Waals surface area contributed by atoms with Crippen LogP contribution in [0.5, 0.6) is 0 Å². The van der Waals surface area contributed by atoms with Gasteiger partial charge in [-0.3, -0.25) is 9.78 Å². The lowest BCUT2D eigenvalue weighted by molar-refractivity contribution is -0.00722. The number of amides is 1. The molecule has 25 heavy (non-hydrogen) atoms. The predicted octanol–water partition coefficient (Wildman–Crippen LogP) is 4.07. The highest BCUT2D eigenvalue weighted by atomic mass is 16.3. The van der Waals surface area contributed by atoms with E-state index in [0.29, 0.717) is 12.1 Å². The lowest BCUT2D eigenvalue weighted by Gasteiger charge is -2.56. The van der Waals surface area contributed by atoms with Gasteiger partial charge in [-0.1, -0.05) is 0 Å². The van der Waals surface area contributed by atoms with Crippen LogP contribution in [-0.2, 0) is 12.0 Å². The minimum atomic E-state index is -0.0511. The first-order valence-electron chi connectivity index (χ1n) is 9.47. The highest BCUT2D eigenvalue weighted by Gasteiger charge is 2.52. The first-order chi connectivity index (χ1) is 12.2. The fourth-order valence-corrected chi connectivity index (χ4v) is 5.97. The molecule has 4 heteroatoms. The minimum absolute atomic E-state index is 0.0511. The van der Waals surface area contributed by atoms with Gasteiger partial charge < -0.3 is 9.73 Å². The molecule has 4 bridgehead atoms. The average molecular weight is 336 g/mol. The van der Waals surface area contributed by atoms with E-state index in [2.05, 4.69) is 5.32 Å². The van der Waals surface area contributed by atoms with E-state index in [4.69, 9.17) is 9.40 Å². The summed E-state index contributed by atoms with van der Waals surface area (Å²) in [5.41, 5.74) is 2.09. The number of furan rings is 1. The van der Waals surface area contributed by atoms with E-state index in [-0.39, 0.29) is 11.3 Å². The molecule has 4 saturated carbocycles. The second kappa shape index (κ2) is 5.72. The van der Waals surface area contributed by atoms with Crippen LogP contribution in [0.4, 0.5) is 0 Å². The monoisotopic (exact) mass is 336 g/mol. The molecule has 0 radical (unpaired) electrons. The molecule has 6 rings (SSSR count). The van der Waals surface area contributed by atoms with E-state index in [0.717, 1.165) is 29.2 Å². The van der Waals surface area contributed by atoms with Gasteiger partial charge in [-0.15, -0.1) is 0 Å². The van der Waals surface area contributed by atoms with Crippen molar-refractivity contribution in [1.82, 2.24) is 10.3 Å². The zero-order valence-corrected chi connectivity index (χ0v) is 14.4. The van der Waals surface area contributed by atoms with Gasteiger partial charge in [0, 0.05) is 22.9 Å². The Labute approximate surface area is 148 Å². The summed E-state index contributed by atoms with van der Waals surface area (Å²) < 4.78 is 5.28. The molecule has 0 aromatic carbocycles. The minimum Gasteiger partial charge on any atom is -0.467 e. The maximum absolute atomic E-state index is 12.5. The average Bonchev–Trinajstić information content (AvgIpc) is 3.12. The van der Waals surface area contributed by atoms with E-state index >= 15 is 0 Å². The zero-order chi connectivity index (χ0) is 16.9. The van der Waals surface area contributed by atoms with Crippen molar-refractivity contribution < 1.29 is 9.21 Å². The van der Waals surface area contributed by atoms with Crippen LogP contribution in [0.15, 0.2) is 41.1 Å². The summed E-state index contributed by atoms with van der Waals surface area (Å²) >= 11 is 0. The van der Waals surface area contributed by atoms with Crippen LogP contribution in [0.3, 0.4) is 0 Å². The first kappa shape index (κ1) is 15.2. The molecule has 0 saturated heterocycles. The second-order valence-corrected chi connectivity index (χ2v) is 8.39. The van der Waals surface area contributed by atoms with Crippen LogP contribution in [0.2, 0.25) is 0 Å². The number of carbonyl (C=O) groups is 1. The maximum Gasteiger partial charge on any atom is 0.251 e. The molecular formula is C21H24N2O2. The summed E-state index contributed by atoms with van der Waals surface area (Å²) in [7, 11) is 0. The molecule has 1 amide bonds. The molecule has 130 valence electrons. The van der Waals surface area contributed by atoms with E-state index in [1.165, 1.54) is 38.5 Å². The van der Waals surface area contributed by atoms with Gasteiger partial charge in [-0.2, -0.15) is 0 Å². The largest absolute Gasteiger partial charge is 0.467 e. The predicted molar refractivity (Wildman–Crippen MR) is 94.0 cm³/mol. The highest BCUT2D eigenvalue weighted by Crippen LogP contribution is 2.60. The van der Waals surface area contributed by atoms with Gasteiger partial charge in [0.05, 0.1) is 12.8 Å². The Kier molecular flexibility index (Phi) is 3.47. The topological polar surface area (TPSA) is 55.1 Å². The van der Waals surface area contributed by atoms with Gasteiger partial charge in [-0.05, 0) is 80.5 Å². The van der Waals surface area contributed by atoms with Crippen molar-refractivity contribution in [1.29, 1.82) is 0 Å². The number of hydrogen-bond donors (Lipinski definition) is 1. The molecular weight excluding hydrogens is 312 g/mol. The molecule has 4 nitrogen and oxygen atoms in total. The van der Waals surface area contributed by atoms with Crippen molar-refractivity contribution in [2.75, 3.05) is 0 Å². The van der Waals surface area contributed by atoms with Crippen LogP contribution in [-0.4, -0.2) is 10.9 Å². The molecule has 0 unspecified atom stereocenters. The third-order valence-electron chi connectivity index (χ3n) is 6.61. The van der Waals surface area contributed by atoms with Crippen molar-refractivity contribution in [2.45, 2.75) is 50.5 Å². The van der Waals surface area contributed by atoms with E-state index < -0.39 is 0 Å². The quantitative estimate of drug-likeness (QED) is 0.915. The fraction of sp³-hybridized carbons (Fsp3) is 0.524. The Morgan fingerprint density at radius 1 is 1.16 bits per heavy atom. The molecule has 4 fully saturated rings. The molecule has 1 N–H and O–H groups in total. The van der Waals surface area contributed by atoms with Crippen molar-refractivity contribution in [3.8, 4) is 0 Å². The molecule has 2 aromatic heterocycles. The Bertz CT molecular complexity index is 746. The van der Waals surface area contributed by atoms with Gasteiger partial charge in [0.2, 0.25) is 0 Å². The standard InChI is InChI=1S/C21H24N2O2/c24-20(23-13-18-2-1-5-25-18)17-3-4-22-19(9-17)21-10-14-6-15(11-21)8-16(7-14)12-21/h1-5,9,14-16H,6-8,10-13H2,(H,23,24). The van der Waals surface area contributed by atoms with Gasteiger partial charge in [0.15, 0.2) is 0 Å².